The Labute approximate surface area is 232 Å². The highest BCUT2D eigenvalue weighted by molar-refractivity contribution is 5.83. The van der Waals surface area contributed by atoms with Crippen LogP contribution in [0.1, 0.15) is 68.9 Å². The maximum Gasteiger partial charge on any atom is 0.516 e. The quantitative estimate of drug-likeness (QED) is 0.314. The van der Waals surface area contributed by atoms with Crippen LogP contribution in [-0.4, -0.2) is 34.4 Å². The largest absolute Gasteiger partial charge is 0.516 e. The zero-order valence-electron chi connectivity index (χ0n) is 22.9. The SMILES string of the molecule is CCC(C)C(C)C1CC[C@H](n2cc(CC(=O)OC(=O)OCC3c4ccccc4-c4ccccc43)c(=O)[nH]c2=O)O1. The van der Waals surface area contributed by atoms with E-state index in [2.05, 4.69) is 25.8 Å². The molecule has 1 aliphatic heterocycles. The summed E-state index contributed by atoms with van der Waals surface area (Å²) in [6.45, 7) is 6.45. The second-order valence-corrected chi connectivity index (χ2v) is 10.7. The first-order valence-electron chi connectivity index (χ1n) is 13.8. The van der Waals surface area contributed by atoms with Crippen molar-refractivity contribution in [3.63, 3.8) is 0 Å². The highest BCUT2D eigenvalue weighted by Crippen LogP contribution is 2.44. The second kappa shape index (κ2) is 11.6. The van der Waals surface area contributed by atoms with Gasteiger partial charge in [-0.2, -0.15) is 0 Å². The van der Waals surface area contributed by atoms with Crippen molar-refractivity contribution < 1.29 is 23.8 Å². The molecule has 1 saturated heterocycles. The number of hydrogen-bond acceptors (Lipinski definition) is 7. The average Bonchev–Trinajstić information content (AvgIpc) is 3.56. The molecule has 5 rings (SSSR count). The highest BCUT2D eigenvalue weighted by atomic mass is 16.7. The molecule has 2 aliphatic rings. The minimum absolute atomic E-state index is 0.000705. The monoisotopic (exact) mass is 546 g/mol. The smallest absolute Gasteiger partial charge is 0.433 e. The number of carbonyl (C=O) groups is 2. The molecule has 1 aliphatic carbocycles. The first-order chi connectivity index (χ1) is 19.3. The van der Waals surface area contributed by atoms with E-state index in [1.54, 1.807) is 0 Å². The van der Waals surface area contributed by atoms with Crippen LogP contribution in [0.2, 0.25) is 0 Å². The van der Waals surface area contributed by atoms with Gasteiger partial charge >= 0.3 is 17.8 Å². The van der Waals surface area contributed by atoms with E-state index in [1.165, 1.54) is 10.8 Å². The van der Waals surface area contributed by atoms with E-state index in [4.69, 9.17) is 14.2 Å². The molecule has 2 aromatic carbocycles. The number of nitrogens with zero attached hydrogens (tertiary/aromatic N) is 1. The molecule has 3 aromatic rings. The molecule has 4 atom stereocenters. The molecule has 0 amide bonds. The van der Waals surface area contributed by atoms with Gasteiger partial charge < -0.3 is 14.2 Å². The van der Waals surface area contributed by atoms with Gasteiger partial charge in [-0.05, 0) is 46.9 Å². The van der Waals surface area contributed by atoms with Crippen LogP contribution in [0.3, 0.4) is 0 Å². The van der Waals surface area contributed by atoms with E-state index in [9.17, 15) is 19.2 Å². The Balaban J connectivity index is 1.21. The number of fused-ring (bicyclic) bond motifs is 3. The van der Waals surface area contributed by atoms with Crippen molar-refractivity contribution in [2.45, 2.75) is 64.7 Å². The van der Waals surface area contributed by atoms with Gasteiger partial charge in [0, 0.05) is 17.7 Å². The number of hydrogen-bond donors (Lipinski definition) is 1. The molecule has 2 heterocycles. The lowest BCUT2D eigenvalue weighted by Crippen LogP contribution is -2.35. The van der Waals surface area contributed by atoms with Crippen LogP contribution in [0.25, 0.3) is 11.1 Å². The predicted molar refractivity (Wildman–Crippen MR) is 148 cm³/mol. The molecule has 40 heavy (non-hydrogen) atoms. The van der Waals surface area contributed by atoms with Crippen molar-refractivity contribution in [3.05, 3.63) is 92.3 Å². The summed E-state index contributed by atoms with van der Waals surface area (Å²) in [4.78, 5) is 52.1. The van der Waals surface area contributed by atoms with E-state index in [1.807, 2.05) is 48.5 Å². The fourth-order valence-electron chi connectivity index (χ4n) is 5.75. The Hall–Kier alpha value is -3.98. The van der Waals surface area contributed by atoms with Gasteiger partial charge in [-0.25, -0.2) is 9.59 Å². The summed E-state index contributed by atoms with van der Waals surface area (Å²) in [5.74, 6) is -0.345. The summed E-state index contributed by atoms with van der Waals surface area (Å²) in [5.41, 5.74) is 2.90. The zero-order valence-corrected chi connectivity index (χ0v) is 22.9. The van der Waals surface area contributed by atoms with Crippen molar-refractivity contribution in [3.8, 4) is 11.1 Å². The molecule has 0 radical (unpaired) electrons. The van der Waals surface area contributed by atoms with Gasteiger partial charge in [0.25, 0.3) is 5.56 Å². The first kappa shape index (κ1) is 27.6. The van der Waals surface area contributed by atoms with Crippen LogP contribution in [0.15, 0.2) is 64.3 Å². The normalized spacial score (nSPS) is 19.5. The summed E-state index contributed by atoms with van der Waals surface area (Å²) in [6, 6.07) is 15.8. The van der Waals surface area contributed by atoms with Crippen molar-refractivity contribution >= 4 is 12.1 Å². The first-order valence-corrected chi connectivity index (χ1v) is 13.8. The van der Waals surface area contributed by atoms with Crippen LogP contribution in [-0.2, 0) is 25.4 Å². The summed E-state index contributed by atoms with van der Waals surface area (Å²) in [5, 5.41) is 0. The van der Waals surface area contributed by atoms with Crippen molar-refractivity contribution in [1.82, 2.24) is 9.55 Å². The Kier molecular flexibility index (Phi) is 8.02. The van der Waals surface area contributed by atoms with Gasteiger partial charge in [-0.1, -0.05) is 75.7 Å². The number of ether oxygens (including phenoxy) is 3. The zero-order chi connectivity index (χ0) is 28.4. The number of rotatable bonds is 8. The minimum atomic E-state index is -1.14. The number of nitrogens with one attached hydrogen (secondary N) is 1. The number of carbonyl (C=O) groups excluding carboxylic acids is 2. The lowest BCUT2D eigenvalue weighted by Gasteiger charge is -2.25. The molecule has 0 bridgehead atoms. The topological polar surface area (TPSA) is 117 Å². The number of aromatic nitrogens is 2. The summed E-state index contributed by atoms with van der Waals surface area (Å²) in [6.07, 6.45) is 1.57. The third kappa shape index (κ3) is 5.51. The Morgan fingerprint density at radius 3 is 2.33 bits per heavy atom. The average molecular weight is 547 g/mol. The fourth-order valence-corrected chi connectivity index (χ4v) is 5.75. The maximum absolute atomic E-state index is 12.5. The molecule has 3 unspecified atom stereocenters. The number of H-pyrrole nitrogens is 1. The van der Waals surface area contributed by atoms with Gasteiger partial charge in [0.05, 0.1) is 12.5 Å². The molecule has 210 valence electrons. The van der Waals surface area contributed by atoms with Crippen LogP contribution >= 0.6 is 0 Å². The molecule has 0 spiro atoms. The van der Waals surface area contributed by atoms with Gasteiger partial charge in [0.2, 0.25) is 0 Å². The van der Waals surface area contributed by atoms with Gasteiger partial charge in [0.15, 0.2) is 0 Å². The Morgan fingerprint density at radius 1 is 1.02 bits per heavy atom. The van der Waals surface area contributed by atoms with Gasteiger partial charge in [0.1, 0.15) is 12.8 Å². The highest BCUT2D eigenvalue weighted by Gasteiger charge is 2.33. The summed E-state index contributed by atoms with van der Waals surface area (Å²) in [7, 11) is 0. The van der Waals surface area contributed by atoms with Crippen LogP contribution in [0.4, 0.5) is 4.79 Å². The van der Waals surface area contributed by atoms with Crippen molar-refractivity contribution in [2.24, 2.45) is 11.8 Å². The molecule has 1 N–H and O–H groups in total. The third-order valence-electron chi connectivity index (χ3n) is 8.37. The standard InChI is InChI=1S/C31H34N2O7/c1-4-18(2)19(3)26-13-14-27(39-26)33-16-20(29(35)32-30(33)36)15-28(34)40-31(37)38-17-25-23-11-7-5-9-21(23)22-10-6-8-12-24(22)25/h5-12,16,18-19,25-27H,4,13-15,17H2,1-3H3,(H,32,35,36)/t18?,19?,26?,27-/m1/s1. The van der Waals surface area contributed by atoms with Gasteiger partial charge in [-0.15, -0.1) is 0 Å². The lowest BCUT2D eigenvalue weighted by molar-refractivity contribution is -0.139. The maximum atomic E-state index is 12.5. The molecular weight excluding hydrogens is 512 g/mol. The van der Waals surface area contributed by atoms with E-state index in [0.717, 1.165) is 35.1 Å². The lowest BCUT2D eigenvalue weighted by atomic mass is 9.88. The Morgan fingerprint density at radius 2 is 1.68 bits per heavy atom. The van der Waals surface area contributed by atoms with E-state index < -0.39 is 36.0 Å². The van der Waals surface area contributed by atoms with Crippen LogP contribution in [0.5, 0.6) is 0 Å². The third-order valence-corrected chi connectivity index (χ3v) is 8.37. The summed E-state index contributed by atoms with van der Waals surface area (Å²) >= 11 is 0. The molecule has 1 fully saturated rings. The van der Waals surface area contributed by atoms with Crippen molar-refractivity contribution in [2.75, 3.05) is 6.61 Å². The number of aromatic amines is 1. The molecule has 9 nitrogen and oxygen atoms in total. The van der Waals surface area contributed by atoms with E-state index in [-0.39, 0.29) is 24.2 Å². The van der Waals surface area contributed by atoms with Crippen LogP contribution in [0, 0.1) is 11.8 Å². The second-order valence-electron chi connectivity index (χ2n) is 10.7. The summed E-state index contributed by atoms with van der Waals surface area (Å²) < 4.78 is 17.6. The van der Waals surface area contributed by atoms with E-state index >= 15 is 0 Å². The molecule has 0 saturated carbocycles. The van der Waals surface area contributed by atoms with E-state index in [0.29, 0.717) is 18.3 Å². The van der Waals surface area contributed by atoms with Crippen molar-refractivity contribution in [1.29, 1.82) is 0 Å². The predicted octanol–water partition coefficient (Wildman–Crippen LogP) is 4.93. The molecule has 1 aromatic heterocycles. The Bertz CT molecular complexity index is 1480. The van der Waals surface area contributed by atoms with Gasteiger partial charge in [-0.3, -0.25) is 19.1 Å². The van der Waals surface area contributed by atoms with Crippen LogP contribution < -0.4 is 11.2 Å². The fraction of sp³-hybridized carbons (Fsp3) is 0.419. The minimum Gasteiger partial charge on any atom is -0.433 e. The molecule has 9 heteroatoms. The number of esters is 1. The number of benzene rings is 2. The molecular formula is C31H34N2O7.